The van der Waals surface area contributed by atoms with Gasteiger partial charge in [0.15, 0.2) is 0 Å². The molecule has 0 spiro atoms. The third-order valence-electron chi connectivity index (χ3n) is 10.6. The molecule has 1 nitrogen and oxygen atoms in total. The summed E-state index contributed by atoms with van der Waals surface area (Å²) in [7, 11) is -3.08. The normalized spacial score (nSPS) is 12.7. The predicted molar refractivity (Wildman–Crippen MR) is 230 cm³/mol. The molecule has 0 aliphatic rings. The Hall–Kier alpha value is -5.32. The summed E-state index contributed by atoms with van der Waals surface area (Å²) in [6.45, 7) is 0.670. The van der Waals surface area contributed by atoms with Crippen molar-refractivity contribution in [3.63, 3.8) is 0 Å². The van der Waals surface area contributed by atoms with Gasteiger partial charge in [-0.15, -0.1) is 0 Å². The van der Waals surface area contributed by atoms with E-state index < -0.39 is 15.2 Å². The van der Waals surface area contributed by atoms with Gasteiger partial charge in [0.1, 0.15) is 0 Å². The zero-order chi connectivity index (χ0) is 34.7. The second-order valence-corrected chi connectivity index (χ2v) is 19.8. The van der Waals surface area contributed by atoms with Crippen LogP contribution in [0.4, 0.5) is 0 Å². The number of rotatable bonds is 11. The quantitative estimate of drug-likeness (QED) is 0.0740. The van der Waals surface area contributed by atoms with Crippen LogP contribution in [0.3, 0.4) is 0 Å². The summed E-state index contributed by atoms with van der Waals surface area (Å²) in [4.78, 5) is 0. The van der Waals surface area contributed by atoms with Crippen molar-refractivity contribution in [2.75, 3.05) is 12.8 Å². The Morgan fingerprint density at radius 2 is 0.885 bits per heavy atom. The van der Waals surface area contributed by atoms with Crippen LogP contribution in [-0.4, -0.2) is 12.8 Å². The average Bonchev–Trinajstić information content (AvgIpc) is 3.22. The monoisotopic (exact) mass is 706 g/mol. The Balaban J connectivity index is 1.01. The molecular weight excluding hydrogens is 666 g/mol. The van der Waals surface area contributed by atoms with E-state index in [9.17, 15) is 0 Å². The van der Waals surface area contributed by atoms with Gasteiger partial charge in [-0.3, -0.25) is 0 Å². The molecule has 0 heterocycles. The first-order chi connectivity index (χ1) is 25.8. The second-order valence-electron chi connectivity index (χ2n) is 13.6. The van der Waals surface area contributed by atoms with Crippen molar-refractivity contribution in [2.24, 2.45) is 0 Å². The van der Waals surface area contributed by atoms with E-state index >= 15 is 0 Å². The molecule has 9 aromatic rings. The van der Waals surface area contributed by atoms with Crippen molar-refractivity contribution in [1.29, 1.82) is 0 Å². The summed E-state index contributed by atoms with van der Waals surface area (Å²) in [5, 5.41) is 16.4. The molecule has 0 amide bonds. The molecular formula is C49H40OP2. The summed E-state index contributed by atoms with van der Waals surface area (Å²) in [6.07, 6.45) is 2.03. The molecule has 0 saturated carbocycles. The number of hydrogen-bond acceptors (Lipinski definition) is 1. The number of benzene rings is 9. The zero-order valence-electron chi connectivity index (χ0n) is 29.0. The van der Waals surface area contributed by atoms with Gasteiger partial charge < -0.3 is 0 Å². The van der Waals surface area contributed by atoms with Crippen LogP contribution in [0.1, 0.15) is 6.42 Å². The van der Waals surface area contributed by atoms with Crippen molar-refractivity contribution < 1.29 is 4.74 Å². The van der Waals surface area contributed by atoms with E-state index in [4.69, 9.17) is 4.74 Å². The molecule has 0 bridgehead atoms. The van der Waals surface area contributed by atoms with Crippen molar-refractivity contribution in [3.05, 3.63) is 200 Å². The number of hydrogen-bond donors (Lipinski definition) is 0. The molecule has 52 heavy (non-hydrogen) atoms. The summed E-state index contributed by atoms with van der Waals surface area (Å²) in [5.41, 5.74) is 0. The Morgan fingerprint density at radius 1 is 0.404 bits per heavy atom. The van der Waals surface area contributed by atoms with Gasteiger partial charge in [-0.25, -0.2) is 0 Å². The van der Waals surface area contributed by atoms with Crippen LogP contribution in [0.15, 0.2) is 200 Å². The van der Waals surface area contributed by atoms with Gasteiger partial charge in [0.25, 0.3) is 0 Å². The Morgan fingerprint density at radius 3 is 1.46 bits per heavy atom. The van der Waals surface area contributed by atoms with Crippen molar-refractivity contribution in [3.8, 4) is 5.75 Å². The van der Waals surface area contributed by atoms with Gasteiger partial charge in [0, 0.05) is 0 Å². The molecule has 0 aliphatic carbocycles. The summed E-state index contributed by atoms with van der Waals surface area (Å²) in [6, 6.07) is 74.0. The molecule has 1 unspecified atom stereocenters. The molecule has 9 rings (SSSR count). The van der Waals surface area contributed by atoms with Gasteiger partial charge in [-0.2, -0.15) is 0 Å². The first-order valence-corrected chi connectivity index (χ1v) is 21.8. The molecule has 0 fully saturated rings. The van der Waals surface area contributed by atoms with Crippen LogP contribution in [-0.2, 0) is 0 Å². The standard InChI is InChI=1S/C49H40OP2/c1-5-17-41(18-6-1)51(47-34-28-39-26-25-37-15-13-16-38-27-33-46(47)49(39)48(37)38)42-31-29-40(30-32-42)50-35-14-36-52(43-19-7-2-8-20-43,44-21-9-3-10-22-44)45-23-11-4-12-24-45/h1-13,15-34,52H,14,35-36H2. The fourth-order valence-corrected chi connectivity index (χ4v) is 15.5. The molecule has 0 aromatic heterocycles. The van der Waals surface area contributed by atoms with Crippen LogP contribution in [0, 0.1) is 0 Å². The van der Waals surface area contributed by atoms with E-state index in [1.54, 1.807) is 0 Å². The molecule has 1 atom stereocenters. The van der Waals surface area contributed by atoms with E-state index in [0.29, 0.717) is 6.61 Å². The van der Waals surface area contributed by atoms with E-state index in [0.717, 1.165) is 18.3 Å². The van der Waals surface area contributed by atoms with Gasteiger partial charge in [-0.1, -0.05) is 42.5 Å². The first kappa shape index (κ1) is 32.6. The minimum absolute atomic E-state index is 0.670. The van der Waals surface area contributed by atoms with E-state index in [-0.39, 0.29) is 0 Å². The fraction of sp³-hybridized carbons (Fsp3) is 0.0612. The molecule has 0 aliphatic heterocycles. The van der Waals surface area contributed by atoms with Gasteiger partial charge in [-0.05, 0) is 21.5 Å². The van der Waals surface area contributed by atoms with E-state index in [1.165, 1.54) is 64.1 Å². The zero-order valence-corrected chi connectivity index (χ0v) is 30.9. The summed E-state index contributed by atoms with van der Waals surface area (Å²) < 4.78 is 6.53. The topological polar surface area (TPSA) is 9.23 Å². The van der Waals surface area contributed by atoms with Gasteiger partial charge in [0.2, 0.25) is 0 Å². The van der Waals surface area contributed by atoms with Crippen LogP contribution in [0.2, 0.25) is 0 Å². The third-order valence-corrected chi connectivity index (χ3v) is 18.2. The summed E-state index contributed by atoms with van der Waals surface area (Å²) >= 11 is 0. The SMILES string of the molecule is c1ccc(P(c2ccc(OCCC[PH](c3ccccc3)(c3ccccc3)c3ccccc3)cc2)c2ccc3ccc4cccc5ccc2c3c45)cc1. The molecule has 0 N–H and O–H groups in total. The second kappa shape index (κ2) is 14.4. The van der Waals surface area contributed by atoms with Crippen LogP contribution in [0.5, 0.6) is 5.75 Å². The van der Waals surface area contributed by atoms with Crippen LogP contribution < -0.4 is 36.6 Å². The van der Waals surface area contributed by atoms with Gasteiger partial charge >= 0.3 is 245 Å². The van der Waals surface area contributed by atoms with Crippen LogP contribution >= 0.6 is 15.2 Å². The predicted octanol–water partition coefficient (Wildman–Crippen LogP) is 9.84. The molecule has 0 radical (unpaired) electrons. The molecule has 0 saturated heterocycles. The summed E-state index contributed by atoms with van der Waals surface area (Å²) in [5.74, 6) is 0.925. The van der Waals surface area contributed by atoms with Crippen molar-refractivity contribution >= 4 is 79.3 Å². The van der Waals surface area contributed by atoms with Gasteiger partial charge in [0.05, 0.1) is 0 Å². The maximum absolute atomic E-state index is 6.53. The fourth-order valence-electron chi connectivity index (χ4n) is 8.24. The maximum atomic E-state index is 6.53. The Labute approximate surface area is 308 Å². The molecule has 252 valence electrons. The first-order valence-electron chi connectivity index (χ1n) is 18.2. The van der Waals surface area contributed by atoms with E-state index in [2.05, 4.69) is 200 Å². The molecule has 9 aromatic carbocycles. The van der Waals surface area contributed by atoms with E-state index in [1.807, 2.05) is 0 Å². The van der Waals surface area contributed by atoms with Crippen LogP contribution in [0.25, 0.3) is 32.3 Å². The van der Waals surface area contributed by atoms with Crippen molar-refractivity contribution in [1.82, 2.24) is 0 Å². The number of ether oxygens (including phenoxy) is 1. The minimum atomic E-state index is -2.29. The Kier molecular flexibility index (Phi) is 9.00. The molecule has 3 heteroatoms. The van der Waals surface area contributed by atoms with Crippen molar-refractivity contribution in [2.45, 2.75) is 6.42 Å². The Bertz CT molecular complexity index is 2440. The average molecular weight is 707 g/mol. The third kappa shape index (κ3) is 5.95.